The van der Waals surface area contributed by atoms with E-state index in [1.165, 1.54) is 0 Å². The number of hydrogen-bond donors (Lipinski definition) is 1. The molecule has 4 heteroatoms. The largest absolute Gasteiger partial charge is 0.508 e. The van der Waals surface area contributed by atoms with Crippen LogP contribution in [-0.4, -0.2) is 18.1 Å². The molecule has 22 heavy (non-hydrogen) atoms. The lowest BCUT2D eigenvalue weighted by atomic mass is 9.85. The number of likely N-dealkylation sites (N-methyl/N-ethyl adjacent to an activating group) is 1. The number of aromatic hydroxyl groups is 1. The van der Waals surface area contributed by atoms with Gasteiger partial charge in [-0.1, -0.05) is 38.1 Å². The van der Waals surface area contributed by atoms with Crippen LogP contribution in [0, 0.1) is 5.92 Å². The molecule has 0 aliphatic carbocycles. The summed E-state index contributed by atoms with van der Waals surface area (Å²) in [5, 5.41) is 9.55. The van der Waals surface area contributed by atoms with Gasteiger partial charge in [-0.05, 0) is 35.7 Å². The maximum atomic E-state index is 13.2. The zero-order valence-corrected chi connectivity index (χ0v) is 13.7. The first kappa shape index (κ1) is 15.0. The summed E-state index contributed by atoms with van der Waals surface area (Å²) in [5.41, 5.74) is 1.88. The van der Waals surface area contributed by atoms with Crippen molar-refractivity contribution in [1.82, 2.24) is 0 Å². The third-order valence-corrected chi connectivity index (χ3v) is 6.00. The predicted molar refractivity (Wildman–Crippen MR) is 90.3 cm³/mol. The van der Waals surface area contributed by atoms with Crippen LogP contribution in [0.25, 0.3) is 0 Å². The fraction of sp³-hybridized carbons (Fsp3) is 0.278. The molecule has 3 rings (SSSR count). The van der Waals surface area contributed by atoms with Crippen molar-refractivity contribution in [2.24, 2.45) is 5.92 Å². The molecule has 0 fully saturated rings. The van der Waals surface area contributed by atoms with Crippen LogP contribution < -0.4 is 4.90 Å². The summed E-state index contributed by atoms with van der Waals surface area (Å²) in [6.07, 6.45) is 0. The molecule has 1 unspecified atom stereocenters. The standard InChI is InChI=1S/C18H19NO2S/c1-12(2)18(13-8-10-14(20)11-9-13)17(21)19(3)15-6-4-5-7-16(15)22-18/h4-12,20H,1-3H3. The highest BCUT2D eigenvalue weighted by molar-refractivity contribution is 8.01. The number of rotatable bonds is 2. The van der Waals surface area contributed by atoms with Crippen molar-refractivity contribution in [2.45, 2.75) is 23.5 Å². The first-order chi connectivity index (χ1) is 10.5. The maximum absolute atomic E-state index is 13.2. The first-order valence-corrected chi connectivity index (χ1v) is 8.14. The molecule has 2 aromatic rings. The van der Waals surface area contributed by atoms with Gasteiger partial charge in [-0.2, -0.15) is 0 Å². The van der Waals surface area contributed by atoms with Crippen molar-refractivity contribution >= 4 is 23.4 Å². The summed E-state index contributed by atoms with van der Waals surface area (Å²) < 4.78 is -0.670. The van der Waals surface area contributed by atoms with Gasteiger partial charge in [0.25, 0.3) is 0 Å². The Morgan fingerprint density at radius 1 is 1.09 bits per heavy atom. The minimum Gasteiger partial charge on any atom is -0.508 e. The topological polar surface area (TPSA) is 40.5 Å². The summed E-state index contributed by atoms with van der Waals surface area (Å²) >= 11 is 1.61. The number of phenolic OH excluding ortho intramolecular Hbond substituents is 1. The van der Waals surface area contributed by atoms with Gasteiger partial charge in [0.2, 0.25) is 5.91 Å². The highest BCUT2D eigenvalue weighted by Crippen LogP contribution is 2.54. The molecule has 2 aromatic carbocycles. The molecule has 1 atom stereocenters. The van der Waals surface area contributed by atoms with Crippen molar-refractivity contribution in [1.29, 1.82) is 0 Å². The van der Waals surface area contributed by atoms with E-state index in [4.69, 9.17) is 0 Å². The monoisotopic (exact) mass is 313 g/mol. The molecule has 1 aliphatic heterocycles. The smallest absolute Gasteiger partial charge is 0.248 e. The second kappa shape index (κ2) is 5.36. The average Bonchev–Trinajstić information content (AvgIpc) is 2.51. The Bertz CT molecular complexity index is 711. The van der Waals surface area contributed by atoms with Crippen LogP contribution in [0.4, 0.5) is 5.69 Å². The highest BCUT2D eigenvalue weighted by atomic mass is 32.2. The van der Waals surface area contributed by atoms with Crippen LogP contribution in [0.15, 0.2) is 53.4 Å². The second-order valence-corrected chi connectivity index (χ2v) is 7.16. The number of anilines is 1. The second-order valence-electron chi connectivity index (χ2n) is 5.87. The lowest BCUT2D eigenvalue weighted by Gasteiger charge is -2.43. The minimum absolute atomic E-state index is 0.0805. The summed E-state index contributed by atoms with van der Waals surface area (Å²) in [5.74, 6) is 0.409. The number of amides is 1. The van der Waals surface area contributed by atoms with E-state index in [1.807, 2.05) is 37.4 Å². The number of fused-ring (bicyclic) bond motifs is 1. The van der Waals surface area contributed by atoms with E-state index >= 15 is 0 Å². The van der Waals surface area contributed by atoms with Gasteiger partial charge in [0.15, 0.2) is 0 Å². The van der Waals surface area contributed by atoms with E-state index < -0.39 is 4.75 Å². The molecule has 0 saturated heterocycles. The maximum Gasteiger partial charge on any atom is 0.248 e. The van der Waals surface area contributed by atoms with Crippen LogP contribution in [-0.2, 0) is 9.54 Å². The fourth-order valence-corrected chi connectivity index (χ4v) is 4.50. The molecule has 0 aromatic heterocycles. The molecule has 0 radical (unpaired) electrons. The molecule has 0 saturated carbocycles. The molecule has 1 amide bonds. The van der Waals surface area contributed by atoms with E-state index in [0.29, 0.717) is 0 Å². The first-order valence-electron chi connectivity index (χ1n) is 7.32. The molecule has 1 heterocycles. The Labute approximate surface area is 135 Å². The Morgan fingerprint density at radius 3 is 2.36 bits per heavy atom. The molecule has 0 bridgehead atoms. The Hall–Kier alpha value is -1.94. The number of carbonyl (C=O) groups excluding carboxylic acids is 1. The Kier molecular flexibility index (Phi) is 3.65. The van der Waals surface area contributed by atoms with Crippen molar-refractivity contribution in [3.05, 3.63) is 54.1 Å². The zero-order chi connectivity index (χ0) is 15.9. The van der Waals surface area contributed by atoms with Gasteiger partial charge < -0.3 is 10.0 Å². The summed E-state index contributed by atoms with van der Waals surface area (Å²) in [6.45, 7) is 4.14. The summed E-state index contributed by atoms with van der Waals surface area (Å²) in [7, 11) is 1.83. The number of thioether (sulfide) groups is 1. The van der Waals surface area contributed by atoms with Gasteiger partial charge in [-0.15, -0.1) is 11.8 Å². The molecule has 1 aliphatic rings. The normalized spacial score (nSPS) is 21.1. The molecular weight excluding hydrogens is 294 g/mol. The third kappa shape index (κ3) is 2.10. The highest BCUT2D eigenvalue weighted by Gasteiger charge is 2.49. The summed E-state index contributed by atoms with van der Waals surface area (Å²) in [4.78, 5) is 16.0. The number of hydrogen-bond acceptors (Lipinski definition) is 3. The van der Waals surface area contributed by atoms with Crippen LogP contribution in [0.3, 0.4) is 0 Å². The van der Waals surface area contributed by atoms with Gasteiger partial charge in [0.1, 0.15) is 10.5 Å². The van der Waals surface area contributed by atoms with Crippen molar-refractivity contribution in [3.8, 4) is 5.75 Å². The summed E-state index contributed by atoms with van der Waals surface area (Å²) in [6, 6.07) is 15.0. The Morgan fingerprint density at radius 2 is 1.73 bits per heavy atom. The number of phenols is 1. The van der Waals surface area contributed by atoms with Crippen LogP contribution in [0.1, 0.15) is 19.4 Å². The quantitative estimate of drug-likeness (QED) is 0.910. The van der Waals surface area contributed by atoms with E-state index in [9.17, 15) is 9.90 Å². The number of carbonyl (C=O) groups is 1. The molecular formula is C18H19NO2S. The van der Waals surface area contributed by atoms with Crippen LogP contribution in [0.5, 0.6) is 5.75 Å². The number of benzene rings is 2. The van der Waals surface area contributed by atoms with Gasteiger partial charge in [-0.25, -0.2) is 0 Å². The van der Waals surface area contributed by atoms with E-state index in [1.54, 1.807) is 28.8 Å². The van der Waals surface area contributed by atoms with Crippen molar-refractivity contribution in [2.75, 3.05) is 11.9 Å². The zero-order valence-electron chi connectivity index (χ0n) is 12.9. The van der Waals surface area contributed by atoms with Crippen molar-refractivity contribution in [3.63, 3.8) is 0 Å². The van der Waals surface area contributed by atoms with Crippen LogP contribution in [0.2, 0.25) is 0 Å². The van der Waals surface area contributed by atoms with E-state index in [2.05, 4.69) is 19.9 Å². The SMILES string of the molecule is CC(C)C1(c2ccc(O)cc2)Sc2ccccc2N(C)C1=O. The van der Waals surface area contributed by atoms with Gasteiger partial charge in [-0.3, -0.25) is 4.79 Å². The van der Waals surface area contributed by atoms with Crippen molar-refractivity contribution < 1.29 is 9.90 Å². The Balaban J connectivity index is 2.20. The van der Waals surface area contributed by atoms with E-state index in [-0.39, 0.29) is 17.6 Å². The molecule has 1 N–H and O–H groups in total. The number of para-hydroxylation sites is 1. The van der Waals surface area contributed by atoms with Gasteiger partial charge in [0.05, 0.1) is 5.69 Å². The van der Waals surface area contributed by atoms with Crippen LogP contribution >= 0.6 is 11.8 Å². The minimum atomic E-state index is -0.670. The fourth-order valence-electron chi connectivity index (χ4n) is 2.99. The average molecular weight is 313 g/mol. The number of nitrogens with zero attached hydrogens (tertiary/aromatic N) is 1. The third-order valence-electron chi connectivity index (χ3n) is 4.23. The lowest BCUT2D eigenvalue weighted by Crippen LogP contribution is -2.49. The molecule has 3 nitrogen and oxygen atoms in total. The van der Waals surface area contributed by atoms with Gasteiger partial charge in [0, 0.05) is 11.9 Å². The molecule has 114 valence electrons. The predicted octanol–water partition coefficient (Wildman–Crippen LogP) is 4.01. The van der Waals surface area contributed by atoms with Gasteiger partial charge >= 0.3 is 0 Å². The lowest BCUT2D eigenvalue weighted by molar-refractivity contribution is -0.122. The van der Waals surface area contributed by atoms with E-state index in [0.717, 1.165) is 16.1 Å². The molecule has 0 spiro atoms.